The number of hydrogen-bond donors (Lipinski definition) is 0. The Bertz CT molecular complexity index is 673. The first-order valence-electron chi connectivity index (χ1n) is 5.94. The number of ether oxygens (including phenoxy) is 1. The second-order valence-corrected chi connectivity index (χ2v) is 4.50. The average Bonchev–Trinajstić information content (AvgIpc) is 2.88. The molecule has 0 amide bonds. The number of rotatable bonds is 4. The van der Waals surface area contributed by atoms with Crippen LogP contribution in [0.2, 0.25) is 5.02 Å². The lowest BCUT2D eigenvalue weighted by Crippen LogP contribution is -2.01. The molecule has 0 aliphatic heterocycles. The Hall–Kier alpha value is -2.32. The highest BCUT2D eigenvalue weighted by atomic mass is 35.5. The van der Waals surface area contributed by atoms with Gasteiger partial charge in [0.2, 0.25) is 0 Å². The molecule has 0 spiro atoms. The minimum absolute atomic E-state index is 0.317. The first kappa shape index (κ1) is 14.1. The van der Waals surface area contributed by atoms with E-state index < -0.39 is 5.97 Å². The van der Waals surface area contributed by atoms with Gasteiger partial charge in [-0.2, -0.15) is 10.4 Å². The molecule has 0 unspecified atom stereocenters. The van der Waals surface area contributed by atoms with Crippen LogP contribution in [0.15, 0.2) is 30.5 Å². The standard InChI is InChI=1S/C14H12ClN3O2/c1-20-14(19)12-9-18(7-3-6-16)17-13(12)10-4-2-5-11(15)8-10/h2,4-5,8-9H,3,7H2,1H3. The third-order valence-electron chi connectivity index (χ3n) is 2.72. The van der Waals surface area contributed by atoms with Crippen molar-refractivity contribution in [3.8, 4) is 17.3 Å². The van der Waals surface area contributed by atoms with Crippen molar-refractivity contribution in [2.24, 2.45) is 0 Å². The maximum atomic E-state index is 11.8. The van der Waals surface area contributed by atoms with E-state index in [0.717, 1.165) is 5.56 Å². The lowest BCUT2D eigenvalue weighted by Gasteiger charge is -2.01. The van der Waals surface area contributed by atoms with E-state index in [-0.39, 0.29) is 0 Å². The molecule has 0 bridgehead atoms. The van der Waals surface area contributed by atoms with Gasteiger partial charge >= 0.3 is 5.97 Å². The summed E-state index contributed by atoms with van der Waals surface area (Å²) in [5.74, 6) is -0.469. The summed E-state index contributed by atoms with van der Waals surface area (Å²) >= 11 is 5.96. The SMILES string of the molecule is COC(=O)c1cn(CCC#N)nc1-c1cccc(Cl)c1. The number of halogens is 1. The predicted molar refractivity (Wildman–Crippen MR) is 74.2 cm³/mol. The monoisotopic (exact) mass is 289 g/mol. The van der Waals surface area contributed by atoms with Gasteiger partial charge in [0.25, 0.3) is 0 Å². The van der Waals surface area contributed by atoms with Gasteiger partial charge in [0, 0.05) is 16.8 Å². The van der Waals surface area contributed by atoms with Crippen molar-refractivity contribution in [1.29, 1.82) is 5.26 Å². The summed E-state index contributed by atoms with van der Waals surface area (Å²) in [4.78, 5) is 11.8. The fourth-order valence-electron chi connectivity index (χ4n) is 1.81. The molecular weight excluding hydrogens is 278 g/mol. The molecule has 1 heterocycles. The molecule has 0 fully saturated rings. The van der Waals surface area contributed by atoms with Crippen LogP contribution in [0.5, 0.6) is 0 Å². The van der Waals surface area contributed by atoms with Crippen LogP contribution in [0.3, 0.4) is 0 Å². The van der Waals surface area contributed by atoms with Crippen molar-refractivity contribution in [3.63, 3.8) is 0 Å². The van der Waals surface area contributed by atoms with Crippen LogP contribution >= 0.6 is 11.6 Å². The number of aromatic nitrogens is 2. The molecule has 2 rings (SSSR count). The summed E-state index contributed by atoms with van der Waals surface area (Å²) in [7, 11) is 1.32. The van der Waals surface area contributed by atoms with Crippen LogP contribution in [-0.2, 0) is 11.3 Å². The quantitative estimate of drug-likeness (QED) is 0.812. The van der Waals surface area contributed by atoms with Gasteiger partial charge in [0.15, 0.2) is 0 Å². The molecule has 6 heteroatoms. The Morgan fingerprint density at radius 2 is 2.35 bits per heavy atom. The minimum Gasteiger partial charge on any atom is -0.465 e. The van der Waals surface area contributed by atoms with Gasteiger partial charge in [-0.05, 0) is 12.1 Å². The van der Waals surface area contributed by atoms with Gasteiger partial charge in [-0.3, -0.25) is 4.68 Å². The normalized spacial score (nSPS) is 10.1. The fraction of sp³-hybridized carbons (Fsp3) is 0.214. The van der Waals surface area contributed by atoms with E-state index in [1.807, 2.05) is 12.1 Å². The third-order valence-corrected chi connectivity index (χ3v) is 2.95. The molecule has 0 saturated carbocycles. The van der Waals surface area contributed by atoms with Crippen molar-refractivity contribution in [2.75, 3.05) is 7.11 Å². The zero-order valence-corrected chi connectivity index (χ0v) is 11.6. The highest BCUT2D eigenvalue weighted by molar-refractivity contribution is 6.30. The smallest absolute Gasteiger partial charge is 0.341 e. The maximum absolute atomic E-state index is 11.8. The Morgan fingerprint density at radius 3 is 3.00 bits per heavy atom. The summed E-state index contributed by atoms with van der Waals surface area (Å²) in [6.07, 6.45) is 1.90. The number of esters is 1. The molecule has 20 heavy (non-hydrogen) atoms. The Morgan fingerprint density at radius 1 is 1.55 bits per heavy atom. The summed E-state index contributed by atoms with van der Waals surface area (Å²) in [5, 5.41) is 13.5. The minimum atomic E-state index is -0.469. The second-order valence-electron chi connectivity index (χ2n) is 4.06. The number of nitriles is 1. The van der Waals surface area contributed by atoms with Crippen molar-refractivity contribution in [1.82, 2.24) is 9.78 Å². The molecule has 0 aliphatic rings. The Balaban J connectivity index is 2.47. The number of carbonyl (C=O) groups excluding carboxylic acids is 1. The van der Waals surface area contributed by atoms with Crippen LogP contribution in [0, 0.1) is 11.3 Å². The molecule has 2 aromatic rings. The van der Waals surface area contributed by atoms with Crippen molar-refractivity contribution >= 4 is 17.6 Å². The topological polar surface area (TPSA) is 67.9 Å². The molecular formula is C14H12ClN3O2. The first-order valence-corrected chi connectivity index (χ1v) is 6.32. The summed E-state index contributed by atoms with van der Waals surface area (Å²) in [6.45, 7) is 0.418. The van der Waals surface area contributed by atoms with E-state index in [4.69, 9.17) is 21.6 Å². The van der Waals surface area contributed by atoms with Crippen molar-refractivity contribution < 1.29 is 9.53 Å². The molecule has 102 valence electrons. The van der Waals surface area contributed by atoms with Crippen LogP contribution in [0.25, 0.3) is 11.3 Å². The summed E-state index contributed by atoms with van der Waals surface area (Å²) in [5.41, 5.74) is 1.58. The molecule has 5 nitrogen and oxygen atoms in total. The van der Waals surface area contributed by atoms with Crippen LogP contribution in [0.4, 0.5) is 0 Å². The van der Waals surface area contributed by atoms with E-state index in [1.54, 1.807) is 29.1 Å². The Labute approximate surface area is 121 Å². The van der Waals surface area contributed by atoms with Crippen LogP contribution in [-0.4, -0.2) is 22.9 Å². The first-order chi connectivity index (χ1) is 9.65. The highest BCUT2D eigenvalue weighted by Gasteiger charge is 2.18. The average molecular weight is 290 g/mol. The lowest BCUT2D eigenvalue weighted by molar-refractivity contribution is 0.0601. The molecule has 0 atom stereocenters. The largest absolute Gasteiger partial charge is 0.465 e. The maximum Gasteiger partial charge on any atom is 0.341 e. The van der Waals surface area contributed by atoms with Crippen LogP contribution < -0.4 is 0 Å². The van der Waals surface area contributed by atoms with Crippen LogP contribution in [0.1, 0.15) is 16.8 Å². The number of hydrogen-bond acceptors (Lipinski definition) is 4. The molecule has 0 saturated heterocycles. The summed E-state index contributed by atoms with van der Waals surface area (Å²) in [6, 6.07) is 9.11. The van der Waals surface area contributed by atoms with Gasteiger partial charge in [0.1, 0.15) is 11.3 Å². The fourth-order valence-corrected chi connectivity index (χ4v) is 2.00. The number of methoxy groups -OCH3 is 1. The van der Waals surface area contributed by atoms with Crippen molar-refractivity contribution in [2.45, 2.75) is 13.0 Å². The van der Waals surface area contributed by atoms with Gasteiger partial charge in [-0.25, -0.2) is 4.79 Å². The van der Waals surface area contributed by atoms with E-state index in [9.17, 15) is 4.79 Å². The van der Waals surface area contributed by atoms with Crippen molar-refractivity contribution in [3.05, 3.63) is 41.0 Å². The van der Waals surface area contributed by atoms with Gasteiger partial charge in [0.05, 0.1) is 26.1 Å². The predicted octanol–water partition coefficient (Wildman–Crippen LogP) is 2.90. The van der Waals surface area contributed by atoms with Gasteiger partial charge < -0.3 is 4.74 Å². The summed E-state index contributed by atoms with van der Waals surface area (Å²) < 4.78 is 6.32. The Kier molecular flexibility index (Phi) is 4.38. The molecule has 0 radical (unpaired) electrons. The molecule has 1 aromatic heterocycles. The zero-order chi connectivity index (χ0) is 14.5. The third kappa shape index (κ3) is 2.98. The number of benzene rings is 1. The highest BCUT2D eigenvalue weighted by Crippen LogP contribution is 2.25. The lowest BCUT2D eigenvalue weighted by atomic mass is 10.1. The number of aryl methyl sites for hydroxylation is 1. The van der Waals surface area contributed by atoms with Gasteiger partial charge in [-0.15, -0.1) is 0 Å². The number of nitrogens with zero attached hydrogens (tertiary/aromatic N) is 3. The number of carbonyl (C=O) groups is 1. The molecule has 0 N–H and O–H groups in total. The van der Waals surface area contributed by atoms with E-state index >= 15 is 0 Å². The molecule has 1 aromatic carbocycles. The van der Waals surface area contributed by atoms with E-state index in [0.29, 0.717) is 29.2 Å². The van der Waals surface area contributed by atoms with E-state index in [1.165, 1.54) is 7.11 Å². The molecule has 0 aliphatic carbocycles. The van der Waals surface area contributed by atoms with E-state index in [2.05, 4.69) is 5.10 Å². The van der Waals surface area contributed by atoms with Gasteiger partial charge in [-0.1, -0.05) is 23.7 Å². The zero-order valence-electron chi connectivity index (χ0n) is 10.8. The second kappa shape index (κ2) is 6.22.